The zero-order valence-electron chi connectivity index (χ0n) is 6.37. The van der Waals surface area contributed by atoms with Crippen molar-refractivity contribution in [2.45, 2.75) is 28.6 Å². The zero-order valence-corrected chi connectivity index (χ0v) is 12.4. The molecule has 0 aromatic rings. The molecule has 1 nitrogen and oxygen atoms in total. The molecular weight excluding hydrogens is 365 g/mol. The molecule has 0 saturated heterocycles. The molecule has 0 saturated carbocycles. The van der Waals surface area contributed by atoms with E-state index in [9.17, 15) is 0 Å². The number of nitrogens with two attached hydrogens (primary N) is 1. The SMILES string of the molecule is C[CH2][Sn]([Br])([Br])[CH2]CCCN. The molecule has 0 rings (SSSR count). The van der Waals surface area contributed by atoms with Gasteiger partial charge in [-0.2, -0.15) is 0 Å². The summed E-state index contributed by atoms with van der Waals surface area (Å²) in [6, 6.07) is 0. The predicted octanol–water partition coefficient (Wildman–Crippen LogP) is 2.98. The molecule has 0 aromatic heterocycles. The molecule has 10 heavy (non-hydrogen) atoms. The van der Waals surface area contributed by atoms with Crippen LogP contribution < -0.4 is 5.73 Å². The Morgan fingerprint density at radius 3 is 2.30 bits per heavy atom. The maximum atomic E-state index is 5.39. The summed E-state index contributed by atoms with van der Waals surface area (Å²) < 4.78 is 2.68. The van der Waals surface area contributed by atoms with Crippen molar-refractivity contribution in [2.75, 3.05) is 6.54 Å². The number of unbranched alkanes of at least 4 members (excludes halogenated alkanes) is 1. The average Bonchev–Trinajstić information content (AvgIpc) is 1.89. The van der Waals surface area contributed by atoms with Crippen molar-refractivity contribution in [2.24, 2.45) is 5.73 Å². The van der Waals surface area contributed by atoms with Crippen molar-refractivity contribution in [3.63, 3.8) is 0 Å². The average molecular weight is 380 g/mol. The van der Waals surface area contributed by atoms with E-state index in [4.69, 9.17) is 5.73 Å². The Labute approximate surface area is 79.5 Å². The minimum absolute atomic E-state index is 0.839. The number of halogens is 2. The Morgan fingerprint density at radius 1 is 1.30 bits per heavy atom. The summed E-state index contributed by atoms with van der Waals surface area (Å²) in [7, 11) is 0. The topological polar surface area (TPSA) is 26.0 Å². The normalized spacial score (nSPS) is 12.0. The molecule has 0 fully saturated rings. The molecule has 0 atom stereocenters. The summed E-state index contributed by atoms with van der Waals surface area (Å²) in [4.78, 5) is 0. The molecule has 0 aliphatic carbocycles. The van der Waals surface area contributed by atoms with Gasteiger partial charge >= 0.3 is 80.3 Å². The van der Waals surface area contributed by atoms with Crippen molar-refractivity contribution in [1.82, 2.24) is 0 Å². The Morgan fingerprint density at radius 2 is 1.90 bits per heavy atom. The number of rotatable bonds is 5. The van der Waals surface area contributed by atoms with Crippen LogP contribution in [0.2, 0.25) is 8.87 Å². The van der Waals surface area contributed by atoms with Gasteiger partial charge < -0.3 is 0 Å². The van der Waals surface area contributed by atoms with E-state index >= 15 is 0 Å². The molecule has 0 radical (unpaired) electrons. The fraction of sp³-hybridized carbons (Fsp3) is 1.00. The fourth-order valence-corrected chi connectivity index (χ4v) is 7.67. The Kier molecular flexibility index (Phi) is 7.33. The molecule has 0 bridgehead atoms. The van der Waals surface area contributed by atoms with E-state index in [-0.39, 0.29) is 0 Å². The standard InChI is InChI=1S/C4H10N.C2H5.2BrH.Sn/c1-2-3-4-5;1-2;;;/h1-5H2;1H2,2H3;2*1H;/q;;;;+2/p-2. The van der Waals surface area contributed by atoms with Gasteiger partial charge in [0.2, 0.25) is 0 Å². The van der Waals surface area contributed by atoms with E-state index in [2.05, 4.69) is 32.3 Å². The summed E-state index contributed by atoms with van der Waals surface area (Å²) in [6.07, 6.45) is 2.47. The predicted molar refractivity (Wildman–Crippen MR) is 57.2 cm³/mol. The third kappa shape index (κ3) is 6.43. The molecule has 0 heterocycles. The van der Waals surface area contributed by atoms with Crippen LogP contribution in [0.3, 0.4) is 0 Å². The molecule has 62 valence electrons. The minimum atomic E-state index is -1.81. The summed E-state index contributed by atoms with van der Waals surface area (Å²) in [5, 5.41) is 0. The molecule has 4 heteroatoms. The van der Waals surface area contributed by atoms with Crippen LogP contribution in [0.25, 0.3) is 0 Å². The molecular formula is C6H15Br2NSn. The third-order valence-corrected chi connectivity index (χ3v) is 20.4. The first-order valence-corrected chi connectivity index (χ1v) is 20.5. The molecule has 0 amide bonds. The van der Waals surface area contributed by atoms with Crippen molar-refractivity contribution >= 4 is 39.3 Å². The quantitative estimate of drug-likeness (QED) is 0.577. The summed E-state index contributed by atoms with van der Waals surface area (Å²) >= 11 is 5.78. The van der Waals surface area contributed by atoms with E-state index in [1.165, 1.54) is 21.7 Å². The van der Waals surface area contributed by atoms with Gasteiger partial charge in [0.1, 0.15) is 0 Å². The van der Waals surface area contributed by atoms with E-state index in [0.29, 0.717) is 0 Å². The van der Waals surface area contributed by atoms with Crippen LogP contribution in [0.4, 0.5) is 0 Å². The maximum absolute atomic E-state index is 5.39. The van der Waals surface area contributed by atoms with Crippen LogP contribution in [0.5, 0.6) is 0 Å². The molecule has 0 aliphatic rings. The molecule has 0 spiro atoms. The first kappa shape index (κ1) is 11.7. The molecule has 0 aromatic carbocycles. The summed E-state index contributed by atoms with van der Waals surface area (Å²) in [6.45, 7) is 3.09. The second-order valence-corrected chi connectivity index (χ2v) is 38.3. The van der Waals surface area contributed by atoms with Gasteiger partial charge in [-0.1, -0.05) is 0 Å². The Balaban J connectivity index is 3.28. The van der Waals surface area contributed by atoms with Crippen LogP contribution in [0.1, 0.15) is 19.8 Å². The van der Waals surface area contributed by atoms with E-state index in [1.807, 2.05) is 0 Å². The van der Waals surface area contributed by atoms with Crippen molar-refractivity contribution in [1.29, 1.82) is 0 Å². The van der Waals surface area contributed by atoms with Gasteiger partial charge in [-0.15, -0.1) is 0 Å². The molecule has 2 N–H and O–H groups in total. The zero-order chi connectivity index (χ0) is 8.04. The van der Waals surface area contributed by atoms with E-state index in [0.717, 1.165) is 6.54 Å². The van der Waals surface area contributed by atoms with Gasteiger partial charge in [0.25, 0.3) is 0 Å². The van der Waals surface area contributed by atoms with Gasteiger partial charge in [-0.25, -0.2) is 0 Å². The summed E-state index contributed by atoms with van der Waals surface area (Å²) in [5.41, 5.74) is 5.39. The van der Waals surface area contributed by atoms with Gasteiger partial charge in [0.05, 0.1) is 0 Å². The third-order valence-electron chi connectivity index (χ3n) is 1.51. The van der Waals surface area contributed by atoms with Gasteiger partial charge in [-0.05, 0) is 0 Å². The fourth-order valence-electron chi connectivity index (χ4n) is 0.705. The first-order valence-electron chi connectivity index (χ1n) is 3.70. The van der Waals surface area contributed by atoms with Crippen molar-refractivity contribution in [3.8, 4) is 0 Å². The monoisotopic (exact) mass is 379 g/mol. The molecule has 0 aliphatic heterocycles. The van der Waals surface area contributed by atoms with Gasteiger partial charge in [0, 0.05) is 0 Å². The second-order valence-electron chi connectivity index (χ2n) is 2.46. The van der Waals surface area contributed by atoms with Crippen molar-refractivity contribution < 1.29 is 0 Å². The van der Waals surface area contributed by atoms with Crippen molar-refractivity contribution in [3.05, 3.63) is 0 Å². The Bertz CT molecular complexity index is 87.8. The number of hydrogen-bond donors (Lipinski definition) is 1. The van der Waals surface area contributed by atoms with Crippen LogP contribution in [-0.4, -0.2) is 20.5 Å². The number of hydrogen-bond acceptors (Lipinski definition) is 1. The van der Waals surface area contributed by atoms with Crippen LogP contribution in [0, 0.1) is 0 Å². The molecule has 0 unspecified atom stereocenters. The van der Waals surface area contributed by atoms with Crippen LogP contribution in [0.15, 0.2) is 0 Å². The van der Waals surface area contributed by atoms with Gasteiger partial charge in [-0.3, -0.25) is 0 Å². The van der Waals surface area contributed by atoms with Crippen LogP contribution in [-0.2, 0) is 0 Å². The Hall–Kier alpha value is 1.72. The van der Waals surface area contributed by atoms with E-state index < -0.39 is 13.9 Å². The summed E-state index contributed by atoms with van der Waals surface area (Å²) in [5.74, 6) is 0. The van der Waals surface area contributed by atoms with Crippen LogP contribution >= 0.6 is 25.4 Å². The van der Waals surface area contributed by atoms with E-state index in [1.54, 1.807) is 0 Å². The van der Waals surface area contributed by atoms with Gasteiger partial charge in [0.15, 0.2) is 0 Å². The second kappa shape index (κ2) is 6.26. The first-order chi connectivity index (χ1) is 4.62.